The van der Waals surface area contributed by atoms with Gasteiger partial charge in [0.05, 0.1) is 22.1 Å². The number of aromatic nitrogens is 2. The topological polar surface area (TPSA) is 13.1 Å². The van der Waals surface area contributed by atoms with Crippen LogP contribution in [-0.4, -0.2) is 9.13 Å². The van der Waals surface area contributed by atoms with E-state index in [-0.39, 0.29) is 0 Å². The molecule has 2 heterocycles. The molecule has 0 aliphatic rings. The molecule has 69 heavy (non-hydrogen) atoms. The number of hydrogen-bond donors (Lipinski definition) is 0. The number of para-hydroxylation sites is 4. The smallest absolute Gasteiger partial charge is 0.0547 e. The Morgan fingerprint density at radius 1 is 0.203 bits per heavy atom. The van der Waals surface area contributed by atoms with Crippen LogP contribution in [0.25, 0.3) is 99.5 Å². The summed E-state index contributed by atoms with van der Waals surface area (Å²) in [5.74, 6) is 0. The van der Waals surface area contributed by atoms with Gasteiger partial charge in [0.15, 0.2) is 0 Å². The lowest BCUT2D eigenvalue weighted by Gasteiger charge is -2.26. The van der Waals surface area contributed by atoms with Crippen molar-refractivity contribution in [1.82, 2.24) is 9.13 Å². The van der Waals surface area contributed by atoms with Crippen LogP contribution in [0.4, 0.5) is 17.1 Å². The second-order valence-corrected chi connectivity index (χ2v) is 17.8. The van der Waals surface area contributed by atoms with Crippen molar-refractivity contribution in [3.8, 4) is 55.9 Å². The zero-order valence-electron chi connectivity index (χ0n) is 37.8. The van der Waals surface area contributed by atoms with Gasteiger partial charge in [-0.3, -0.25) is 0 Å². The van der Waals surface area contributed by atoms with Crippen LogP contribution in [0, 0.1) is 0 Å². The molecule has 0 bridgehead atoms. The lowest BCUT2D eigenvalue weighted by Crippen LogP contribution is -2.10. The highest BCUT2D eigenvalue weighted by atomic mass is 15.1. The quantitative estimate of drug-likeness (QED) is 0.141. The molecule has 3 nitrogen and oxygen atoms in total. The highest BCUT2D eigenvalue weighted by Crippen LogP contribution is 2.42. The minimum Gasteiger partial charge on any atom is -0.310 e. The predicted molar refractivity (Wildman–Crippen MR) is 292 cm³/mol. The first-order valence-electron chi connectivity index (χ1n) is 23.7. The van der Waals surface area contributed by atoms with Crippen LogP contribution in [0.3, 0.4) is 0 Å². The van der Waals surface area contributed by atoms with Gasteiger partial charge >= 0.3 is 0 Å². The van der Waals surface area contributed by atoms with E-state index in [1.807, 2.05) is 0 Å². The van der Waals surface area contributed by atoms with Gasteiger partial charge in [-0.15, -0.1) is 0 Å². The minimum atomic E-state index is 1.08. The maximum absolute atomic E-state index is 2.40. The fourth-order valence-corrected chi connectivity index (χ4v) is 10.4. The van der Waals surface area contributed by atoms with Crippen LogP contribution in [0.2, 0.25) is 0 Å². The lowest BCUT2D eigenvalue weighted by molar-refractivity contribution is 1.18. The molecule has 13 rings (SSSR count). The summed E-state index contributed by atoms with van der Waals surface area (Å²) in [6.07, 6.45) is 0. The molecule has 3 heteroatoms. The second kappa shape index (κ2) is 16.9. The van der Waals surface area contributed by atoms with E-state index in [1.54, 1.807) is 0 Å². The number of hydrogen-bond acceptors (Lipinski definition) is 1. The zero-order valence-corrected chi connectivity index (χ0v) is 37.8. The van der Waals surface area contributed by atoms with Crippen LogP contribution >= 0.6 is 0 Å². The van der Waals surface area contributed by atoms with Crippen molar-refractivity contribution < 1.29 is 0 Å². The summed E-state index contributed by atoms with van der Waals surface area (Å²) >= 11 is 0. The van der Waals surface area contributed by atoms with Gasteiger partial charge in [0.2, 0.25) is 0 Å². The molecule has 0 amide bonds. The molecule has 0 aliphatic heterocycles. The van der Waals surface area contributed by atoms with Crippen molar-refractivity contribution in [3.05, 3.63) is 273 Å². The summed E-state index contributed by atoms with van der Waals surface area (Å²) in [5.41, 5.74) is 19.8. The molecule has 0 N–H and O–H groups in total. The lowest BCUT2D eigenvalue weighted by atomic mass is 9.93. The monoisotopic (exact) mass is 879 g/mol. The van der Waals surface area contributed by atoms with Gasteiger partial charge in [0.1, 0.15) is 0 Å². The highest BCUT2D eigenvalue weighted by molar-refractivity contribution is 6.11. The molecule has 13 aromatic rings. The van der Waals surface area contributed by atoms with Gasteiger partial charge in [0, 0.05) is 50.0 Å². The molecule has 2 aromatic heterocycles. The number of fused-ring (bicyclic) bond motifs is 6. The Hall–Kier alpha value is -9.18. The van der Waals surface area contributed by atoms with Crippen molar-refractivity contribution in [3.63, 3.8) is 0 Å². The van der Waals surface area contributed by atoms with E-state index >= 15 is 0 Å². The standard InChI is InChI=1S/C66H45N3/c1-5-17-46(18-6-1)51-41-52(47-19-7-2-8-20-47)43-53(42-51)49-31-36-57(37-32-49)67(58-38-40-65-62(45-58)60-26-14-16-28-64(60)68(65)54-21-9-3-10-22-54)56-34-29-48(30-35-56)50-33-39-61-59-25-13-15-27-63(59)69(66(61)44-50)55-23-11-4-12-24-55/h1-45H. The SMILES string of the molecule is c1ccc(-c2cc(-c3ccccc3)cc(-c3ccc(N(c4ccc(-c5ccc6c7ccccc7n(-c7ccccc7)c6c5)cc4)c4ccc5c(c4)c4ccccc4n5-c4ccccc4)cc3)c2)cc1. The summed E-state index contributed by atoms with van der Waals surface area (Å²) in [6, 6.07) is 99.1. The third-order valence-electron chi connectivity index (χ3n) is 13.7. The fourth-order valence-electron chi connectivity index (χ4n) is 10.4. The van der Waals surface area contributed by atoms with E-state index in [0.29, 0.717) is 0 Å². The molecule has 0 saturated carbocycles. The predicted octanol–water partition coefficient (Wildman–Crippen LogP) is 18.0. The van der Waals surface area contributed by atoms with Gasteiger partial charge in [-0.1, -0.05) is 170 Å². The summed E-state index contributed by atoms with van der Waals surface area (Å²) in [6.45, 7) is 0. The third kappa shape index (κ3) is 7.16. The first-order chi connectivity index (χ1) is 34.2. The van der Waals surface area contributed by atoms with Gasteiger partial charge in [-0.05, 0) is 148 Å². The van der Waals surface area contributed by atoms with Crippen LogP contribution in [-0.2, 0) is 0 Å². The number of rotatable bonds is 9. The fraction of sp³-hybridized carbons (Fsp3) is 0. The highest BCUT2D eigenvalue weighted by Gasteiger charge is 2.19. The first-order valence-corrected chi connectivity index (χ1v) is 23.7. The Bertz CT molecular complexity index is 3910. The maximum atomic E-state index is 2.40. The maximum Gasteiger partial charge on any atom is 0.0547 e. The summed E-state index contributed by atoms with van der Waals surface area (Å²) < 4.78 is 4.77. The number of nitrogens with zero attached hydrogens (tertiary/aromatic N) is 3. The average molecular weight is 880 g/mol. The van der Waals surface area contributed by atoms with E-state index in [4.69, 9.17) is 0 Å². The van der Waals surface area contributed by atoms with E-state index in [9.17, 15) is 0 Å². The van der Waals surface area contributed by atoms with E-state index in [0.717, 1.165) is 39.6 Å². The molecule has 0 atom stereocenters. The van der Waals surface area contributed by atoms with E-state index in [1.165, 1.54) is 77.0 Å². The van der Waals surface area contributed by atoms with E-state index < -0.39 is 0 Å². The Morgan fingerprint density at radius 3 is 1.09 bits per heavy atom. The van der Waals surface area contributed by atoms with Crippen LogP contribution < -0.4 is 4.90 Å². The normalized spacial score (nSPS) is 11.5. The van der Waals surface area contributed by atoms with Gasteiger partial charge < -0.3 is 14.0 Å². The molecular formula is C66H45N3. The molecular weight excluding hydrogens is 835 g/mol. The Balaban J connectivity index is 0.940. The van der Waals surface area contributed by atoms with Gasteiger partial charge in [0.25, 0.3) is 0 Å². The zero-order chi connectivity index (χ0) is 45.7. The molecule has 324 valence electrons. The Kier molecular flexibility index (Phi) is 9.84. The first kappa shape index (κ1) is 40.1. The van der Waals surface area contributed by atoms with Crippen molar-refractivity contribution >= 4 is 60.7 Å². The average Bonchev–Trinajstić information content (AvgIpc) is 3.94. The van der Waals surface area contributed by atoms with Gasteiger partial charge in [-0.2, -0.15) is 0 Å². The molecule has 0 unspecified atom stereocenters. The molecule has 0 saturated heterocycles. The molecule has 0 radical (unpaired) electrons. The van der Waals surface area contributed by atoms with Crippen molar-refractivity contribution in [2.75, 3.05) is 4.90 Å². The summed E-state index contributed by atoms with van der Waals surface area (Å²) in [7, 11) is 0. The van der Waals surface area contributed by atoms with Crippen molar-refractivity contribution in [1.29, 1.82) is 0 Å². The number of benzene rings is 11. The van der Waals surface area contributed by atoms with Gasteiger partial charge in [-0.25, -0.2) is 0 Å². The minimum absolute atomic E-state index is 1.08. The number of anilines is 3. The summed E-state index contributed by atoms with van der Waals surface area (Å²) in [4.78, 5) is 2.40. The summed E-state index contributed by atoms with van der Waals surface area (Å²) in [5, 5.41) is 4.93. The Morgan fingerprint density at radius 2 is 0.565 bits per heavy atom. The van der Waals surface area contributed by atoms with Crippen LogP contribution in [0.15, 0.2) is 273 Å². The largest absolute Gasteiger partial charge is 0.310 e. The van der Waals surface area contributed by atoms with Crippen LogP contribution in [0.1, 0.15) is 0 Å². The second-order valence-electron chi connectivity index (χ2n) is 17.8. The third-order valence-corrected chi connectivity index (χ3v) is 13.7. The van der Waals surface area contributed by atoms with Crippen LogP contribution in [0.5, 0.6) is 0 Å². The van der Waals surface area contributed by atoms with E-state index in [2.05, 4.69) is 287 Å². The Labute approximate surface area is 401 Å². The van der Waals surface area contributed by atoms with Crippen molar-refractivity contribution in [2.45, 2.75) is 0 Å². The molecule has 0 spiro atoms. The molecule has 0 aliphatic carbocycles. The molecule has 0 fully saturated rings. The molecule has 11 aromatic carbocycles. The van der Waals surface area contributed by atoms with Crippen molar-refractivity contribution in [2.24, 2.45) is 0 Å².